The lowest BCUT2D eigenvalue weighted by Crippen LogP contribution is -2.60. The van der Waals surface area contributed by atoms with Gasteiger partial charge in [0.2, 0.25) is 17.7 Å². The van der Waals surface area contributed by atoms with E-state index in [2.05, 4.69) is 23.4 Å². The van der Waals surface area contributed by atoms with Crippen molar-refractivity contribution in [1.82, 2.24) is 20.0 Å². The number of aliphatic hydroxyl groups excluding tert-OH is 1. The van der Waals surface area contributed by atoms with Gasteiger partial charge in [-0.2, -0.15) is 0 Å². The van der Waals surface area contributed by atoms with E-state index in [9.17, 15) is 24.3 Å². The molecule has 0 saturated carbocycles. The van der Waals surface area contributed by atoms with E-state index in [-0.39, 0.29) is 43.2 Å². The molecular formula is C39H56N4O8. The Bertz CT molecular complexity index is 1400. The number of benzene rings is 1. The maximum Gasteiger partial charge on any atom is 0.313 e. The third-order valence-electron chi connectivity index (χ3n) is 11.3. The summed E-state index contributed by atoms with van der Waals surface area (Å²) >= 11 is 0. The van der Waals surface area contributed by atoms with Gasteiger partial charge in [0, 0.05) is 39.1 Å². The second-order valence-corrected chi connectivity index (χ2v) is 14.4. The zero-order valence-electron chi connectivity index (χ0n) is 30.4. The third-order valence-corrected chi connectivity index (χ3v) is 11.3. The zero-order valence-corrected chi connectivity index (χ0v) is 30.4. The average Bonchev–Trinajstić information content (AvgIpc) is 3.79. The van der Waals surface area contributed by atoms with Crippen molar-refractivity contribution in [3.8, 4) is 0 Å². The summed E-state index contributed by atoms with van der Waals surface area (Å²) in [7, 11) is 0. The first kappa shape index (κ1) is 38.6. The van der Waals surface area contributed by atoms with Crippen molar-refractivity contribution in [3.63, 3.8) is 0 Å². The highest BCUT2D eigenvalue weighted by Crippen LogP contribution is 2.59. The van der Waals surface area contributed by atoms with Crippen molar-refractivity contribution in [2.45, 2.75) is 88.8 Å². The number of likely N-dealkylation sites (tertiary alicyclic amines) is 1. The van der Waals surface area contributed by atoms with Crippen LogP contribution in [0.15, 0.2) is 55.6 Å². The molecule has 1 spiro atoms. The Morgan fingerprint density at radius 1 is 1.16 bits per heavy atom. The monoisotopic (exact) mass is 708 g/mol. The minimum absolute atomic E-state index is 0.124. The molecule has 9 atom stereocenters. The normalized spacial score (nSPS) is 28.0. The summed E-state index contributed by atoms with van der Waals surface area (Å²) in [6.07, 6.45) is 4.25. The Balaban J connectivity index is 1.46. The molecule has 4 heterocycles. The van der Waals surface area contributed by atoms with Crippen LogP contribution in [0, 0.1) is 17.8 Å². The van der Waals surface area contributed by atoms with Crippen LogP contribution in [0.4, 0.5) is 0 Å². The first-order valence-corrected chi connectivity index (χ1v) is 18.6. The molecule has 0 aromatic heterocycles. The molecule has 4 fully saturated rings. The van der Waals surface area contributed by atoms with Crippen molar-refractivity contribution < 1.29 is 38.5 Å². The number of nitrogens with one attached hydrogen (secondary N) is 1. The van der Waals surface area contributed by atoms with Crippen LogP contribution in [-0.4, -0.2) is 126 Å². The largest absolute Gasteiger partial charge is 0.455 e. The van der Waals surface area contributed by atoms with E-state index in [0.29, 0.717) is 57.6 Å². The van der Waals surface area contributed by atoms with Gasteiger partial charge in [0.05, 0.1) is 49.8 Å². The molecule has 0 radical (unpaired) electrons. The molecule has 12 heteroatoms. The third kappa shape index (κ3) is 7.94. The highest BCUT2D eigenvalue weighted by Gasteiger charge is 2.76. The lowest BCUT2D eigenvalue weighted by atomic mass is 9.70. The number of amides is 3. The molecule has 2 bridgehead atoms. The Labute approximate surface area is 302 Å². The van der Waals surface area contributed by atoms with Crippen molar-refractivity contribution in [3.05, 3.63) is 61.2 Å². The topological polar surface area (TPSA) is 138 Å². The minimum atomic E-state index is -1.26. The van der Waals surface area contributed by atoms with Crippen molar-refractivity contribution >= 4 is 23.7 Å². The van der Waals surface area contributed by atoms with Crippen LogP contribution < -0.4 is 5.32 Å². The van der Waals surface area contributed by atoms with Crippen molar-refractivity contribution in [2.75, 3.05) is 52.5 Å². The fourth-order valence-electron chi connectivity index (χ4n) is 8.46. The minimum Gasteiger partial charge on any atom is -0.455 e. The van der Waals surface area contributed by atoms with Crippen LogP contribution in [0.5, 0.6) is 0 Å². The van der Waals surface area contributed by atoms with Gasteiger partial charge in [0.15, 0.2) is 0 Å². The van der Waals surface area contributed by atoms with E-state index in [1.165, 1.54) is 0 Å². The number of aliphatic hydroxyl groups is 1. The van der Waals surface area contributed by atoms with Crippen LogP contribution in [-0.2, 0) is 33.4 Å². The van der Waals surface area contributed by atoms with Gasteiger partial charge in [0.25, 0.3) is 0 Å². The summed E-state index contributed by atoms with van der Waals surface area (Å²) in [5, 5.41) is 13.7. The zero-order chi connectivity index (χ0) is 36.7. The number of hydrogen-bond donors (Lipinski definition) is 2. The van der Waals surface area contributed by atoms with Crippen molar-refractivity contribution in [1.29, 1.82) is 0 Å². The van der Waals surface area contributed by atoms with Crippen LogP contribution >= 0.6 is 0 Å². The second kappa shape index (κ2) is 17.3. The standard InChI is InChI=1S/C39H56N4O8/c1-6-9-15-31(45)40-27(5)34(28-13-11-10-12-14-28)50-38(48)32-30-16-17-39(51-30)33(32)36(46)43(29(25-44)26(4)8-3)35(39)37(47)42(18-7-2)20-19-41-21-23-49-24-22-41/h6-7,10-14,26-27,29-30,32-35,44H,1-2,8-9,15-25H2,3-5H3,(H,40,45)/t26-,27+,29-,30+,32-,33-,34+,35+,39-/m0/s1. The molecule has 3 amide bonds. The molecule has 1 aromatic rings. The first-order chi connectivity index (χ1) is 24.6. The van der Waals surface area contributed by atoms with E-state index in [4.69, 9.17) is 14.2 Å². The molecule has 4 aliphatic rings. The quantitative estimate of drug-likeness (QED) is 0.174. The number of esters is 1. The number of fused-ring (bicyclic) bond motifs is 1. The number of carbonyl (C=O) groups is 4. The van der Waals surface area contributed by atoms with E-state index in [1.807, 2.05) is 44.2 Å². The fraction of sp³-hybridized carbons (Fsp3) is 0.641. The lowest BCUT2D eigenvalue weighted by molar-refractivity contribution is -0.163. The van der Waals surface area contributed by atoms with Crippen LogP contribution in [0.1, 0.15) is 64.5 Å². The predicted molar refractivity (Wildman–Crippen MR) is 191 cm³/mol. The molecule has 2 N–H and O–H groups in total. The van der Waals surface area contributed by atoms with Crippen LogP contribution in [0.25, 0.3) is 0 Å². The van der Waals surface area contributed by atoms with Gasteiger partial charge in [0.1, 0.15) is 17.7 Å². The van der Waals surface area contributed by atoms with E-state index in [0.717, 1.165) is 13.1 Å². The first-order valence-electron chi connectivity index (χ1n) is 18.6. The summed E-state index contributed by atoms with van der Waals surface area (Å²) < 4.78 is 18.5. The van der Waals surface area contributed by atoms with E-state index in [1.54, 1.807) is 28.9 Å². The van der Waals surface area contributed by atoms with Crippen molar-refractivity contribution in [2.24, 2.45) is 17.8 Å². The summed E-state index contributed by atoms with van der Waals surface area (Å²) in [6.45, 7) is 17.1. The molecule has 4 aliphatic heterocycles. The summed E-state index contributed by atoms with van der Waals surface area (Å²) in [6, 6.07) is 6.96. The van der Waals surface area contributed by atoms with Gasteiger partial charge in [-0.1, -0.05) is 62.8 Å². The summed E-state index contributed by atoms with van der Waals surface area (Å²) in [5.74, 6) is -3.48. The number of carbonyl (C=O) groups excluding carboxylic acids is 4. The van der Waals surface area contributed by atoms with Gasteiger partial charge >= 0.3 is 5.97 Å². The average molecular weight is 709 g/mol. The molecular weight excluding hydrogens is 652 g/mol. The second-order valence-electron chi connectivity index (χ2n) is 14.4. The molecule has 5 rings (SSSR count). The number of rotatable bonds is 18. The van der Waals surface area contributed by atoms with Gasteiger partial charge in [-0.05, 0) is 37.7 Å². The number of ether oxygens (including phenoxy) is 3. The number of allylic oxidation sites excluding steroid dienone is 1. The predicted octanol–water partition coefficient (Wildman–Crippen LogP) is 2.87. The Hall–Kier alpha value is -3.58. The van der Waals surface area contributed by atoms with E-state index < -0.39 is 53.7 Å². The molecule has 12 nitrogen and oxygen atoms in total. The maximum absolute atomic E-state index is 14.8. The summed E-state index contributed by atoms with van der Waals surface area (Å²) in [4.78, 5) is 62.3. The lowest BCUT2D eigenvalue weighted by Gasteiger charge is -2.41. The highest BCUT2D eigenvalue weighted by molar-refractivity contribution is 5.98. The number of nitrogens with zero attached hydrogens (tertiary/aromatic N) is 3. The molecule has 0 aliphatic carbocycles. The Morgan fingerprint density at radius 3 is 2.53 bits per heavy atom. The smallest absolute Gasteiger partial charge is 0.313 e. The van der Waals surface area contributed by atoms with Gasteiger partial charge < -0.3 is 34.4 Å². The highest BCUT2D eigenvalue weighted by atomic mass is 16.6. The van der Waals surface area contributed by atoms with Gasteiger partial charge in [-0.3, -0.25) is 24.1 Å². The summed E-state index contributed by atoms with van der Waals surface area (Å²) in [5.41, 5.74) is -0.555. The Kier molecular flexibility index (Phi) is 13.1. The maximum atomic E-state index is 14.8. The van der Waals surface area contributed by atoms with Crippen LogP contribution in [0.2, 0.25) is 0 Å². The van der Waals surface area contributed by atoms with Gasteiger partial charge in [-0.15, -0.1) is 13.2 Å². The molecule has 4 saturated heterocycles. The number of morpholine rings is 1. The van der Waals surface area contributed by atoms with Gasteiger partial charge in [-0.25, -0.2) is 0 Å². The molecule has 1 aromatic carbocycles. The molecule has 280 valence electrons. The molecule has 51 heavy (non-hydrogen) atoms. The van der Waals surface area contributed by atoms with Crippen LogP contribution in [0.3, 0.4) is 0 Å². The SMILES string of the molecule is C=CCCC(=O)N[C@H](C)[C@@H](OC(=O)[C@@H]1[C@H]2C(=O)N([C@@H](CO)[C@@H](C)CC)[C@H](C(=O)N(CC=C)CCN3CCOCC3)[C@]23CC[C@H]1O3)c1ccccc1. The van der Waals surface area contributed by atoms with E-state index >= 15 is 0 Å². The fourth-order valence-corrected chi connectivity index (χ4v) is 8.46. The Morgan fingerprint density at radius 2 is 1.88 bits per heavy atom. The number of hydrogen-bond acceptors (Lipinski definition) is 9. The molecule has 0 unspecified atom stereocenters.